The van der Waals surface area contributed by atoms with E-state index in [0.29, 0.717) is 5.70 Å². The summed E-state index contributed by atoms with van der Waals surface area (Å²) >= 11 is 0. The fraction of sp³-hybridized carbons (Fsp3) is 0.444. The lowest BCUT2D eigenvalue weighted by molar-refractivity contribution is -0.153. The van der Waals surface area contributed by atoms with Crippen molar-refractivity contribution in [2.24, 2.45) is 5.92 Å². The van der Waals surface area contributed by atoms with Crippen LogP contribution < -0.4 is 10.6 Å². The molecule has 2 rings (SSSR count). The highest BCUT2D eigenvalue weighted by molar-refractivity contribution is 5.85. The van der Waals surface area contributed by atoms with Crippen molar-refractivity contribution in [3.63, 3.8) is 0 Å². The highest BCUT2D eigenvalue weighted by Gasteiger charge is 2.39. The van der Waals surface area contributed by atoms with Crippen LogP contribution in [0.5, 0.6) is 0 Å². The van der Waals surface area contributed by atoms with Crippen molar-refractivity contribution < 1.29 is 14.3 Å². The Labute approximate surface area is 137 Å². The van der Waals surface area contributed by atoms with Crippen molar-refractivity contribution in [3.05, 3.63) is 47.7 Å². The lowest BCUT2D eigenvalue weighted by Gasteiger charge is -2.33. The number of rotatable bonds is 5. The highest BCUT2D eigenvalue weighted by atomic mass is 16.5. The molecule has 0 aromatic heterocycles. The predicted molar refractivity (Wildman–Crippen MR) is 88.7 cm³/mol. The van der Waals surface area contributed by atoms with E-state index in [2.05, 4.69) is 24.1 Å². The summed E-state index contributed by atoms with van der Waals surface area (Å²) in [4.78, 5) is 24.3. The molecular weight excluding hydrogens is 292 g/mol. The normalized spacial score (nSPS) is 22.0. The molecule has 1 saturated heterocycles. The molecule has 1 heterocycles. The van der Waals surface area contributed by atoms with Crippen LogP contribution in [0.3, 0.4) is 0 Å². The molecule has 2 N–H and O–H groups in total. The van der Waals surface area contributed by atoms with E-state index in [-0.39, 0.29) is 18.1 Å². The Morgan fingerprint density at radius 2 is 1.96 bits per heavy atom. The molecule has 0 aliphatic carbocycles. The molecule has 23 heavy (non-hydrogen) atoms. The van der Waals surface area contributed by atoms with Gasteiger partial charge < -0.3 is 15.4 Å². The number of amides is 2. The van der Waals surface area contributed by atoms with Gasteiger partial charge in [-0.15, -0.1) is 0 Å². The van der Waals surface area contributed by atoms with Crippen LogP contribution >= 0.6 is 0 Å². The number of carbonyl (C=O) groups excluding carboxylic acids is 2. The Morgan fingerprint density at radius 3 is 2.52 bits per heavy atom. The van der Waals surface area contributed by atoms with E-state index in [0.717, 1.165) is 18.4 Å². The summed E-state index contributed by atoms with van der Waals surface area (Å²) in [6, 6.07) is 7.05. The van der Waals surface area contributed by atoms with Crippen LogP contribution in [0.2, 0.25) is 0 Å². The van der Waals surface area contributed by atoms with Crippen LogP contribution in [0.1, 0.15) is 44.4 Å². The Balaban J connectivity index is 2.28. The first-order valence-corrected chi connectivity index (χ1v) is 8.01. The number of hydrogen-bond donors (Lipinski definition) is 2. The molecule has 2 amide bonds. The summed E-state index contributed by atoms with van der Waals surface area (Å²) in [6.45, 7) is 9.72. The highest BCUT2D eigenvalue weighted by Crippen LogP contribution is 2.31. The van der Waals surface area contributed by atoms with Crippen molar-refractivity contribution >= 4 is 12.0 Å². The fourth-order valence-electron chi connectivity index (χ4n) is 2.56. The Morgan fingerprint density at radius 1 is 1.30 bits per heavy atom. The average molecular weight is 316 g/mol. The maximum atomic E-state index is 12.5. The SMILES string of the molecule is C=C1NC(=O)NC(c2ccc(CC)cc2)C1C(=O)OC(C)CC. The third-order valence-electron chi connectivity index (χ3n) is 4.16. The van der Waals surface area contributed by atoms with Crippen LogP contribution in [0.4, 0.5) is 4.79 Å². The summed E-state index contributed by atoms with van der Waals surface area (Å²) in [5, 5.41) is 5.39. The maximum absolute atomic E-state index is 12.5. The van der Waals surface area contributed by atoms with Gasteiger partial charge in [0.2, 0.25) is 0 Å². The van der Waals surface area contributed by atoms with Gasteiger partial charge in [-0.05, 0) is 30.9 Å². The van der Waals surface area contributed by atoms with Crippen molar-refractivity contribution in [2.75, 3.05) is 0 Å². The lowest BCUT2D eigenvalue weighted by atomic mass is 9.88. The first-order valence-electron chi connectivity index (χ1n) is 8.01. The second kappa shape index (κ2) is 7.31. The minimum Gasteiger partial charge on any atom is -0.462 e. The molecule has 3 unspecified atom stereocenters. The third kappa shape index (κ3) is 3.92. The molecule has 5 nitrogen and oxygen atoms in total. The molecule has 5 heteroatoms. The van der Waals surface area contributed by atoms with Gasteiger partial charge in [0.05, 0.1) is 12.1 Å². The Bertz CT molecular complexity index is 595. The minimum atomic E-state index is -0.644. The second-order valence-corrected chi connectivity index (χ2v) is 5.83. The minimum absolute atomic E-state index is 0.170. The van der Waals surface area contributed by atoms with Crippen LogP contribution in [0.15, 0.2) is 36.5 Å². The van der Waals surface area contributed by atoms with E-state index >= 15 is 0 Å². The van der Waals surface area contributed by atoms with E-state index in [9.17, 15) is 9.59 Å². The van der Waals surface area contributed by atoms with Crippen molar-refractivity contribution in [2.45, 2.75) is 45.8 Å². The van der Waals surface area contributed by atoms with Gasteiger partial charge in [0.15, 0.2) is 0 Å². The summed E-state index contributed by atoms with van der Waals surface area (Å²) in [6.07, 6.45) is 1.50. The standard InChI is InChI=1S/C18H24N2O3/c1-5-11(3)23-17(21)15-12(4)19-18(22)20-16(15)14-9-7-13(6-2)8-10-14/h7-11,15-16H,4-6H2,1-3H3,(H2,19,20,22). The Hall–Kier alpha value is -2.30. The third-order valence-corrected chi connectivity index (χ3v) is 4.16. The smallest absolute Gasteiger partial charge is 0.319 e. The van der Waals surface area contributed by atoms with Gasteiger partial charge in [-0.2, -0.15) is 0 Å². The molecule has 124 valence electrons. The summed E-state index contributed by atoms with van der Waals surface area (Å²) in [5.41, 5.74) is 2.43. The number of esters is 1. The van der Waals surface area contributed by atoms with Gasteiger partial charge in [-0.1, -0.05) is 44.7 Å². The van der Waals surface area contributed by atoms with E-state index in [1.165, 1.54) is 5.56 Å². The van der Waals surface area contributed by atoms with Gasteiger partial charge >= 0.3 is 12.0 Å². The van der Waals surface area contributed by atoms with Crippen LogP contribution in [0.25, 0.3) is 0 Å². The number of nitrogens with one attached hydrogen (secondary N) is 2. The van der Waals surface area contributed by atoms with Crippen molar-refractivity contribution in [3.8, 4) is 0 Å². The van der Waals surface area contributed by atoms with E-state index in [1.807, 2.05) is 38.1 Å². The molecule has 0 radical (unpaired) electrons. The number of ether oxygens (including phenoxy) is 1. The molecule has 0 bridgehead atoms. The molecule has 1 aromatic rings. The first kappa shape index (κ1) is 17.1. The van der Waals surface area contributed by atoms with Crippen LogP contribution in [-0.2, 0) is 16.0 Å². The monoisotopic (exact) mass is 316 g/mol. The van der Waals surface area contributed by atoms with Crippen LogP contribution in [-0.4, -0.2) is 18.1 Å². The molecule has 3 atom stereocenters. The number of carbonyl (C=O) groups is 2. The largest absolute Gasteiger partial charge is 0.462 e. The van der Waals surface area contributed by atoms with Gasteiger partial charge in [0.1, 0.15) is 5.92 Å². The summed E-state index contributed by atoms with van der Waals surface area (Å²) < 4.78 is 5.45. The zero-order chi connectivity index (χ0) is 17.0. The van der Waals surface area contributed by atoms with Gasteiger partial charge in [0.25, 0.3) is 0 Å². The molecule has 1 aliphatic heterocycles. The van der Waals surface area contributed by atoms with Gasteiger partial charge in [-0.3, -0.25) is 4.79 Å². The van der Waals surface area contributed by atoms with Gasteiger partial charge in [0, 0.05) is 5.70 Å². The topological polar surface area (TPSA) is 67.4 Å². The van der Waals surface area contributed by atoms with Crippen molar-refractivity contribution in [1.29, 1.82) is 0 Å². The van der Waals surface area contributed by atoms with Crippen molar-refractivity contribution in [1.82, 2.24) is 10.6 Å². The molecule has 0 spiro atoms. The Kier molecular flexibility index (Phi) is 5.42. The molecular formula is C18H24N2O3. The molecule has 1 fully saturated rings. The predicted octanol–water partition coefficient (Wildman–Crippen LogP) is 3.07. The number of aryl methyl sites for hydroxylation is 1. The quantitative estimate of drug-likeness (QED) is 0.820. The lowest BCUT2D eigenvalue weighted by Crippen LogP contribution is -2.51. The first-order chi connectivity index (χ1) is 11.0. The molecule has 0 saturated carbocycles. The maximum Gasteiger partial charge on any atom is 0.319 e. The second-order valence-electron chi connectivity index (χ2n) is 5.83. The fourth-order valence-corrected chi connectivity index (χ4v) is 2.56. The number of hydrogen-bond acceptors (Lipinski definition) is 3. The molecule has 1 aromatic carbocycles. The van der Waals surface area contributed by atoms with E-state index in [4.69, 9.17) is 4.74 Å². The summed E-state index contributed by atoms with van der Waals surface area (Å²) in [7, 11) is 0. The van der Waals surface area contributed by atoms with E-state index in [1.54, 1.807) is 0 Å². The van der Waals surface area contributed by atoms with Gasteiger partial charge in [-0.25, -0.2) is 4.79 Å². The van der Waals surface area contributed by atoms with E-state index < -0.39 is 12.0 Å². The zero-order valence-electron chi connectivity index (χ0n) is 13.9. The average Bonchev–Trinajstić information content (AvgIpc) is 2.53. The van der Waals surface area contributed by atoms with Crippen LogP contribution in [0, 0.1) is 5.92 Å². The molecule has 1 aliphatic rings. The zero-order valence-corrected chi connectivity index (χ0v) is 13.9. The summed E-state index contributed by atoms with van der Waals surface area (Å²) in [5.74, 6) is -1.02. The number of urea groups is 1. The number of benzene rings is 1.